The lowest BCUT2D eigenvalue weighted by Crippen LogP contribution is -2.58. The number of carbonyl (C=O) groups excluding carboxylic acids is 4. The van der Waals surface area contributed by atoms with Crippen molar-refractivity contribution in [3.05, 3.63) is 35.6 Å². The highest BCUT2D eigenvalue weighted by atomic mass is 19.4. The minimum atomic E-state index is -5.11. The third kappa shape index (κ3) is 6.54. The molecule has 34 heavy (non-hydrogen) atoms. The van der Waals surface area contributed by atoms with Crippen molar-refractivity contribution >= 4 is 23.5 Å². The van der Waals surface area contributed by atoms with E-state index in [1.54, 1.807) is 13.8 Å². The molecule has 0 radical (unpaired) electrons. The number of rotatable bonds is 8. The number of amides is 3. The van der Waals surface area contributed by atoms with Crippen LogP contribution < -0.4 is 10.6 Å². The monoisotopic (exact) mass is 487 g/mol. The summed E-state index contributed by atoms with van der Waals surface area (Å²) in [5.74, 6) is -5.80. The van der Waals surface area contributed by atoms with E-state index < -0.39 is 59.5 Å². The molecule has 2 N–H and O–H groups in total. The predicted octanol–water partition coefficient (Wildman–Crippen LogP) is 2.84. The van der Waals surface area contributed by atoms with E-state index in [0.29, 0.717) is 6.42 Å². The average molecular weight is 487 g/mol. The molecule has 11 heteroatoms. The molecule has 7 nitrogen and oxygen atoms in total. The first-order valence-electron chi connectivity index (χ1n) is 11.0. The fraction of sp³-hybridized carbons (Fsp3) is 0.565. The van der Waals surface area contributed by atoms with Crippen molar-refractivity contribution in [2.75, 3.05) is 6.54 Å². The fourth-order valence-corrected chi connectivity index (χ4v) is 3.78. The number of nitrogens with one attached hydrogen (secondary N) is 2. The van der Waals surface area contributed by atoms with E-state index in [0.717, 1.165) is 12.1 Å². The van der Waals surface area contributed by atoms with Crippen LogP contribution in [-0.2, 0) is 14.4 Å². The van der Waals surface area contributed by atoms with E-state index in [1.165, 1.54) is 30.9 Å². The number of nitrogens with zero attached hydrogens (tertiary/aromatic N) is 1. The lowest BCUT2D eigenvalue weighted by atomic mass is 9.98. The number of halogens is 4. The van der Waals surface area contributed by atoms with Crippen LogP contribution in [0.2, 0.25) is 0 Å². The molecule has 1 aliphatic heterocycles. The van der Waals surface area contributed by atoms with Gasteiger partial charge in [-0.15, -0.1) is 0 Å². The van der Waals surface area contributed by atoms with E-state index in [-0.39, 0.29) is 24.4 Å². The largest absolute Gasteiger partial charge is 0.452 e. The molecule has 3 atom stereocenters. The van der Waals surface area contributed by atoms with Crippen LogP contribution in [0.4, 0.5) is 17.6 Å². The van der Waals surface area contributed by atoms with Crippen molar-refractivity contribution in [3.63, 3.8) is 0 Å². The Morgan fingerprint density at radius 2 is 1.50 bits per heavy atom. The van der Waals surface area contributed by atoms with E-state index in [9.17, 15) is 36.7 Å². The average Bonchev–Trinajstić information content (AvgIpc) is 3.24. The minimum Gasteiger partial charge on any atom is -0.344 e. The Hall–Kier alpha value is -2.98. The fourth-order valence-electron chi connectivity index (χ4n) is 3.78. The van der Waals surface area contributed by atoms with Gasteiger partial charge in [-0.05, 0) is 48.9 Å². The van der Waals surface area contributed by atoms with Crippen LogP contribution in [0.15, 0.2) is 24.3 Å². The normalized spacial score (nSPS) is 18.1. The summed E-state index contributed by atoms with van der Waals surface area (Å²) in [7, 11) is 0. The topological polar surface area (TPSA) is 95.6 Å². The standard InChI is InChI=1S/C23H29F4N3O4/c1-12(2)17(19(31)23(25,26)27)28-21(33)16-6-5-11-30(16)22(34)18(13(3)4)29-20(32)14-7-9-15(24)10-8-14/h7-10,12-13,16-18H,5-6,11H2,1-4H3,(H,28,33)(H,29,32)/t16-,17?,18-/m0/s1. The van der Waals surface area contributed by atoms with Crippen LogP contribution in [-0.4, -0.2) is 59.3 Å². The van der Waals surface area contributed by atoms with Crippen molar-refractivity contribution in [2.24, 2.45) is 11.8 Å². The van der Waals surface area contributed by atoms with Crippen molar-refractivity contribution in [1.29, 1.82) is 0 Å². The van der Waals surface area contributed by atoms with Gasteiger partial charge in [-0.3, -0.25) is 19.2 Å². The van der Waals surface area contributed by atoms with Gasteiger partial charge in [0, 0.05) is 12.1 Å². The van der Waals surface area contributed by atoms with Crippen LogP contribution in [0.3, 0.4) is 0 Å². The number of hydrogen-bond donors (Lipinski definition) is 2. The zero-order valence-electron chi connectivity index (χ0n) is 19.4. The first-order valence-corrected chi connectivity index (χ1v) is 11.0. The minimum absolute atomic E-state index is 0.140. The maximum atomic E-state index is 13.3. The Balaban J connectivity index is 2.17. The molecular weight excluding hydrogens is 458 g/mol. The molecule has 1 aliphatic rings. The second-order valence-electron chi connectivity index (χ2n) is 8.98. The summed E-state index contributed by atoms with van der Waals surface area (Å²) in [6, 6.07) is 0.876. The molecule has 2 rings (SSSR count). The van der Waals surface area contributed by atoms with E-state index >= 15 is 0 Å². The lowest BCUT2D eigenvalue weighted by molar-refractivity contribution is -0.175. The molecule has 1 heterocycles. The second kappa shape index (κ2) is 11.0. The van der Waals surface area contributed by atoms with Crippen molar-refractivity contribution in [1.82, 2.24) is 15.5 Å². The van der Waals surface area contributed by atoms with Gasteiger partial charge in [0.05, 0.1) is 6.04 Å². The van der Waals surface area contributed by atoms with Gasteiger partial charge in [-0.2, -0.15) is 13.2 Å². The van der Waals surface area contributed by atoms with Crippen LogP contribution in [0.25, 0.3) is 0 Å². The molecule has 0 spiro atoms. The molecule has 1 unspecified atom stereocenters. The van der Waals surface area contributed by atoms with Gasteiger partial charge >= 0.3 is 6.18 Å². The smallest absolute Gasteiger partial charge is 0.344 e. The molecule has 188 valence electrons. The van der Waals surface area contributed by atoms with Crippen molar-refractivity contribution in [3.8, 4) is 0 Å². The summed E-state index contributed by atoms with van der Waals surface area (Å²) in [5, 5.41) is 4.76. The van der Waals surface area contributed by atoms with Gasteiger partial charge in [0.15, 0.2) is 0 Å². The summed E-state index contributed by atoms with van der Waals surface area (Å²) < 4.78 is 52.0. The second-order valence-corrected chi connectivity index (χ2v) is 8.98. The van der Waals surface area contributed by atoms with Gasteiger partial charge in [0.1, 0.15) is 17.9 Å². The molecule has 0 saturated carbocycles. The van der Waals surface area contributed by atoms with E-state index in [1.807, 2.05) is 0 Å². The zero-order valence-corrected chi connectivity index (χ0v) is 19.4. The van der Waals surface area contributed by atoms with E-state index in [4.69, 9.17) is 0 Å². The molecular formula is C23H29F4N3O4. The summed E-state index contributed by atoms with van der Waals surface area (Å²) >= 11 is 0. The maximum Gasteiger partial charge on any atom is 0.452 e. The van der Waals surface area contributed by atoms with Crippen LogP contribution in [0.5, 0.6) is 0 Å². The third-order valence-electron chi connectivity index (χ3n) is 5.69. The number of hydrogen-bond acceptors (Lipinski definition) is 4. The summed E-state index contributed by atoms with van der Waals surface area (Å²) in [6.07, 6.45) is -4.47. The molecule has 0 aliphatic carbocycles. The van der Waals surface area contributed by atoms with Gasteiger partial charge in [0.25, 0.3) is 11.7 Å². The number of alkyl halides is 3. The molecule has 0 bridgehead atoms. The molecule has 1 aromatic rings. The van der Waals surface area contributed by atoms with Gasteiger partial charge in [-0.1, -0.05) is 27.7 Å². The highest BCUT2D eigenvalue weighted by Gasteiger charge is 2.46. The van der Waals surface area contributed by atoms with Crippen LogP contribution >= 0.6 is 0 Å². The molecule has 3 amide bonds. The Morgan fingerprint density at radius 3 is 2.00 bits per heavy atom. The number of likely N-dealkylation sites (tertiary alicyclic amines) is 1. The number of ketones is 1. The lowest BCUT2D eigenvalue weighted by Gasteiger charge is -2.32. The molecule has 1 aromatic carbocycles. The van der Waals surface area contributed by atoms with Crippen molar-refractivity contribution in [2.45, 2.75) is 64.8 Å². The Labute approximate surface area is 195 Å². The highest BCUT2D eigenvalue weighted by molar-refractivity contribution is 5.99. The van der Waals surface area contributed by atoms with Gasteiger partial charge in [-0.25, -0.2) is 4.39 Å². The molecule has 0 aromatic heterocycles. The van der Waals surface area contributed by atoms with Crippen molar-refractivity contribution < 1.29 is 36.7 Å². The highest BCUT2D eigenvalue weighted by Crippen LogP contribution is 2.24. The Morgan fingerprint density at radius 1 is 0.941 bits per heavy atom. The third-order valence-corrected chi connectivity index (χ3v) is 5.69. The molecule has 1 saturated heterocycles. The Bertz CT molecular complexity index is 916. The van der Waals surface area contributed by atoms with Gasteiger partial charge < -0.3 is 15.5 Å². The number of benzene rings is 1. The SMILES string of the molecule is CC(C)C(NC(=O)[C@@H]1CCCN1C(=O)[C@@H](NC(=O)c1ccc(F)cc1)C(C)C)C(=O)C(F)(F)F. The summed E-state index contributed by atoms with van der Waals surface area (Å²) in [5.41, 5.74) is 0.140. The zero-order chi connectivity index (χ0) is 25.8. The predicted molar refractivity (Wildman–Crippen MR) is 115 cm³/mol. The van der Waals surface area contributed by atoms with Gasteiger partial charge in [0.2, 0.25) is 11.8 Å². The van der Waals surface area contributed by atoms with E-state index in [2.05, 4.69) is 10.6 Å². The maximum absolute atomic E-state index is 13.3. The molecule has 1 fully saturated rings. The summed E-state index contributed by atoms with van der Waals surface area (Å²) in [6.45, 7) is 6.31. The summed E-state index contributed by atoms with van der Waals surface area (Å²) in [4.78, 5) is 51.6. The quantitative estimate of drug-likeness (QED) is 0.552. The van der Waals surface area contributed by atoms with Crippen LogP contribution in [0, 0.1) is 17.7 Å². The number of carbonyl (C=O) groups is 4. The number of Topliss-reactive ketones (excluding diaryl/α,β-unsaturated/α-hetero) is 1. The van der Waals surface area contributed by atoms with Crippen LogP contribution in [0.1, 0.15) is 50.9 Å². The first-order chi connectivity index (χ1) is 15.7. The Kier molecular flexibility index (Phi) is 8.79. The first kappa shape index (κ1) is 27.3.